The number of aromatic nitrogens is 3. The first-order valence-electron chi connectivity index (χ1n) is 11.6. The second-order valence-electron chi connectivity index (χ2n) is 8.76. The van der Waals surface area contributed by atoms with Gasteiger partial charge in [-0.2, -0.15) is 5.26 Å². The predicted molar refractivity (Wildman–Crippen MR) is 137 cm³/mol. The van der Waals surface area contributed by atoms with Gasteiger partial charge in [-0.1, -0.05) is 30.3 Å². The van der Waals surface area contributed by atoms with Gasteiger partial charge in [0.2, 0.25) is 0 Å². The molecule has 5 nitrogen and oxygen atoms in total. The Hall–Kier alpha value is -4.76. The minimum absolute atomic E-state index is 0.277. The van der Waals surface area contributed by atoms with E-state index in [1.54, 1.807) is 19.2 Å². The molecule has 6 heteroatoms. The van der Waals surface area contributed by atoms with Crippen LogP contribution in [0.3, 0.4) is 0 Å². The van der Waals surface area contributed by atoms with Gasteiger partial charge in [-0.3, -0.25) is 4.98 Å². The number of allylic oxidation sites excluding steroid dienone is 1. The highest BCUT2D eigenvalue weighted by atomic mass is 19.1. The fraction of sp³-hybridized carbons (Fsp3) is 0.100. The van der Waals surface area contributed by atoms with Crippen molar-refractivity contribution in [3.63, 3.8) is 0 Å². The number of hydrogen-bond donors (Lipinski definition) is 0. The van der Waals surface area contributed by atoms with E-state index in [-0.39, 0.29) is 12.4 Å². The number of rotatable bonds is 3. The fourth-order valence-electron chi connectivity index (χ4n) is 4.80. The Kier molecular flexibility index (Phi) is 5.31. The van der Waals surface area contributed by atoms with Crippen LogP contribution in [-0.4, -0.2) is 14.5 Å². The first-order chi connectivity index (χ1) is 17.6. The molecule has 3 aromatic carbocycles. The van der Waals surface area contributed by atoms with E-state index < -0.39 is 0 Å². The molecule has 0 spiro atoms. The zero-order chi connectivity index (χ0) is 24.6. The average molecular weight is 473 g/mol. The molecule has 3 heterocycles. The van der Waals surface area contributed by atoms with Gasteiger partial charge in [0.1, 0.15) is 23.9 Å². The average Bonchev–Trinajstić information content (AvgIpc) is 3.19. The zero-order valence-corrected chi connectivity index (χ0v) is 19.6. The van der Waals surface area contributed by atoms with Crippen LogP contribution >= 0.6 is 0 Å². The highest BCUT2D eigenvalue weighted by Gasteiger charge is 2.23. The van der Waals surface area contributed by atoms with Gasteiger partial charge in [0.25, 0.3) is 0 Å². The lowest BCUT2D eigenvalue weighted by Crippen LogP contribution is -2.05. The lowest BCUT2D eigenvalue weighted by atomic mass is 9.90. The number of nitriles is 1. The molecule has 36 heavy (non-hydrogen) atoms. The van der Waals surface area contributed by atoms with Crippen LogP contribution in [0.2, 0.25) is 0 Å². The maximum Gasteiger partial charge on any atom is 0.160 e. The molecule has 0 bridgehead atoms. The second kappa shape index (κ2) is 8.79. The maximum absolute atomic E-state index is 14.0. The Morgan fingerprint density at radius 3 is 2.69 bits per heavy atom. The van der Waals surface area contributed by atoms with E-state index >= 15 is 0 Å². The SMILES string of the molecule is CC(C#N)=C1c2ccc(Cn3c(-c4ccccn4)nc4ccccc43)cc2COc2cc(F)ccc21. The van der Waals surface area contributed by atoms with Gasteiger partial charge in [-0.25, -0.2) is 9.37 Å². The summed E-state index contributed by atoms with van der Waals surface area (Å²) in [6.07, 6.45) is 1.77. The number of imidazole rings is 1. The van der Waals surface area contributed by atoms with Gasteiger partial charge in [0.15, 0.2) is 5.82 Å². The third-order valence-electron chi connectivity index (χ3n) is 6.47. The number of para-hydroxylation sites is 2. The molecule has 0 amide bonds. The molecule has 6 rings (SSSR count). The molecule has 0 atom stereocenters. The summed E-state index contributed by atoms with van der Waals surface area (Å²) in [6.45, 7) is 2.64. The summed E-state index contributed by atoms with van der Waals surface area (Å²) in [6, 6.07) is 26.8. The molecular weight excluding hydrogens is 451 g/mol. The van der Waals surface area contributed by atoms with Crippen LogP contribution in [0.1, 0.15) is 29.2 Å². The van der Waals surface area contributed by atoms with E-state index in [9.17, 15) is 9.65 Å². The van der Waals surface area contributed by atoms with Gasteiger partial charge < -0.3 is 9.30 Å². The van der Waals surface area contributed by atoms with Crippen molar-refractivity contribution in [2.24, 2.45) is 0 Å². The molecule has 0 aliphatic carbocycles. The van der Waals surface area contributed by atoms with Crippen molar-refractivity contribution in [1.82, 2.24) is 14.5 Å². The van der Waals surface area contributed by atoms with Crippen LogP contribution in [0.5, 0.6) is 5.75 Å². The summed E-state index contributed by atoms with van der Waals surface area (Å²) in [5.41, 5.74) is 7.70. The Labute approximate surface area is 207 Å². The van der Waals surface area contributed by atoms with Crippen molar-refractivity contribution in [3.8, 4) is 23.3 Å². The predicted octanol–water partition coefficient (Wildman–Crippen LogP) is 6.52. The first-order valence-corrected chi connectivity index (χ1v) is 11.6. The molecule has 0 saturated carbocycles. The van der Waals surface area contributed by atoms with Gasteiger partial charge in [-0.05, 0) is 66.1 Å². The van der Waals surface area contributed by atoms with Crippen molar-refractivity contribution >= 4 is 16.6 Å². The van der Waals surface area contributed by atoms with Crippen LogP contribution < -0.4 is 4.74 Å². The van der Waals surface area contributed by atoms with Crippen LogP contribution in [-0.2, 0) is 13.2 Å². The molecule has 1 aliphatic rings. The van der Waals surface area contributed by atoms with Crippen molar-refractivity contribution < 1.29 is 9.13 Å². The second-order valence-corrected chi connectivity index (χ2v) is 8.76. The summed E-state index contributed by atoms with van der Waals surface area (Å²) in [4.78, 5) is 9.39. The highest BCUT2D eigenvalue weighted by molar-refractivity contribution is 5.88. The Bertz CT molecular complexity index is 1700. The summed E-state index contributed by atoms with van der Waals surface area (Å²) >= 11 is 0. The van der Waals surface area contributed by atoms with Gasteiger partial charge in [-0.15, -0.1) is 0 Å². The van der Waals surface area contributed by atoms with E-state index in [0.29, 0.717) is 17.9 Å². The molecule has 0 fully saturated rings. The minimum atomic E-state index is -0.372. The summed E-state index contributed by atoms with van der Waals surface area (Å²) < 4.78 is 22.2. The van der Waals surface area contributed by atoms with Crippen molar-refractivity contribution in [2.75, 3.05) is 0 Å². The molecule has 1 aliphatic heterocycles. The molecule has 174 valence electrons. The maximum atomic E-state index is 14.0. The number of fused-ring (bicyclic) bond motifs is 3. The molecule has 0 unspecified atom stereocenters. The molecule has 5 aromatic rings. The van der Waals surface area contributed by atoms with E-state index in [2.05, 4.69) is 33.8 Å². The number of pyridine rings is 1. The van der Waals surface area contributed by atoms with Crippen molar-refractivity contribution in [3.05, 3.63) is 119 Å². The number of benzene rings is 3. The topological polar surface area (TPSA) is 63.7 Å². The minimum Gasteiger partial charge on any atom is -0.488 e. The monoisotopic (exact) mass is 472 g/mol. The highest BCUT2D eigenvalue weighted by Crippen LogP contribution is 2.39. The van der Waals surface area contributed by atoms with Gasteiger partial charge >= 0.3 is 0 Å². The van der Waals surface area contributed by atoms with Crippen molar-refractivity contribution in [1.29, 1.82) is 5.26 Å². The summed E-state index contributed by atoms with van der Waals surface area (Å²) in [5, 5.41) is 9.71. The van der Waals surface area contributed by atoms with Gasteiger partial charge in [0, 0.05) is 35.5 Å². The fourth-order valence-corrected chi connectivity index (χ4v) is 4.80. The smallest absolute Gasteiger partial charge is 0.160 e. The van der Waals surface area contributed by atoms with Crippen LogP contribution in [0.25, 0.3) is 28.1 Å². The number of halogens is 1. The lowest BCUT2D eigenvalue weighted by Gasteiger charge is -2.14. The molecule has 0 N–H and O–H groups in total. The summed E-state index contributed by atoms with van der Waals surface area (Å²) in [7, 11) is 0. The molecule has 0 radical (unpaired) electrons. The number of nitrogens with zero attached hydrogens (tertiary/aromatic N) is 4. The number of ether oxygens (including phenoxy) is 1. The van der Waals surface area contributed by atoms with E-state index in [4.69, 9.17) is 9.72 Å². The third-order valence-corrected chi connectivity index (χ3v) is 6.47. The van der Waals surface area contributed by atoms with E-state index in [1.165, 1.54) is 12.1 Å². The largest absolute Gasteiger partial charge is 0.488 e. The van der Waals surface area contributed by atoms with Crippen molar-refractivity contribution in [2.45, 2.75) is 20.1 Å². The van der Waals surface area contributed by atoms with Crippen LogP contribution in [0.15, 0.2) is 90.6 Å². The Morgan fingerprint density at radius 1 is 1.03 bits per heavy atom. The van der Waals surface area contributed by atoms with Crippen LogP contribution in [0, 0.1) is 17.1 Å². The lowest BCUT2D eigenvalue weighted by molar-refractivity contribution is 0.305. The quantitative estimate of drug-likeness (QED) is 0.280. The first kappa shape index (κ1) is 21.8. The molecule has 2 aromatic heterocycles. The third kappa shape index (κ3) is 3.71. The normalized spacial score (nSPS) is 13.8. The van der Waals surface area contributed by atoms with Crippen LogP contribution in [0.4, 0.5) is 4.39 Å². The number of hydrogen-bond acceptors (Lipinski definition) is 4. The summed E-state index contributed by atoms with van der Waals surface area (Å²) in [5.74, 6) is 0.866. The zero-order valence-electron chi connectivity index (χ0n) is 19.6. The standard InChI is InChI=1S/C30H21FN4O/c1-19(16-32)29-23-11-9-20(14-21(23)18-36-28-15-22(31)10-12-24(28)29)17-35-27-8-3-2-6-25(27)34-30(35)26-7-4-5-13-33-26/h2-15H,17-18H2,1H3. The van der Waals surface area contributed by atoms with Gasteiger partial charge in [0.05, 0.1) is 17.1 Å². The molecular formula is C30H21FN4O. The van der Waals surface area contributed by atoms with E-state index in [0.717, 1.165) is 50.4 Å². The van der Waals surface area contributed by atoms with E-state index in [1.807, 2.05) is 42.5 Å². The Morgan fingerprint density at radius 2 is 1.86 bits per heavy atom. The molecule has 0 saturated heterocycles. The Balaban J connectivity index is 1.47.